The molecule has 2 rings (SSSR count). The van der Waals surface area contributed by atoms with Crippen molar-refractivity contribution >= 4 is 0 Å². The molecule has 0 aromatic carbocycles. The molecular formula is C17H30O. The van der Waals surface area contributed by atoms with Crippen LogP contribution in [0.25, 0.3) is 0 Å². The van der Waals surface area contributed by atoms with Crippen LogP contribution in [-0.4, -0.2) is 10.7 Å². The first-order valence-corrected chi connectivity index (χ1v) is 7.57. The summed E-state index contributed by atoms with van der Waals surface area (Å²) in [4.78, 5) is 0. The highest BCUT2D eigenvalue weighted by molar-refractivity contribution is 5.08. The van der Waals surface area contributed by atoms with Gasteiger partial charge in [-0.1, -0.05) is 33.3 Å². The Balaban J connectivity index is 2.38. The molecular weight excluding hydrogens is 220 g/mol. The van der Waals surface area contributed by atoms with Crippen molar-refractivity contribution in [3.63, 3.8) is 0 Å². The average molecular weight is 250 g/mol. The van der Waals surface area contributed by atoms with E-state index in [-0.39, 0.29) is 5.41 Å². The molecule has 1 N–H and O–H groups in total. The summed E-state index contributed by atoms with van der Waals surface area (Å²) in [6, 6.07) is 0. The fourth-order valence-corrected chi connectivity index (χ4v) is 5.31. The van der Waals surface area contributed by atoms with Crippen LogP contribution in [0.5, 0.6) is 0 Å². The van der Waals surface area contributed by atoms with Crippen LogP contribution in [0.15, 0.2) is 12.7 Å². The SMILES string of the molecule is C=CCC1C(C)(O)CCC2C(C)(C)CCCC21C. The predicted molar refractivity (Wildman–Crippen MR) is 77.4 cm³/mol. The van der Waals surface area contributed by atoms with Crippen LogP contribution in [0, 0.1) is 22.7 Å². The molecule has 0 heterocycles. The van der Waals surface area contributed by atoms with Crippen molar-refractivity contribution in [2.45, 2.75) is 71.8 Å². The summed E-state index contributed by atoms with van der Waals surface area (Å²) in [5.41, 5.74) is 0.216. The predicted octanol–water partition coefficient (Wildman–Crippen LogP) is 4.56. The van der Waals surface area contributed by atoms with E-state index in [0.29, 0.717) is 11.3 Å². The normalized spacial score (nSPS) is 47.4. The molecule has 0 radical (unpaired) electrons. The van der Waals surface area contributed by atoms with Crippen LogP contribution >= 0.6 is 0 Å². The highest BCUT2D eigenvalue weighted by atomic mass is 16.3. The van der Waals surface area contributed by atoms with Gasteiger partial charge in [0, 0.05) is 0 Å². The average Bonchev–Trinajstić information content (AvgIpc) is 2.22. The molecule has 2 fully saturated rings. The fraction of sp³-hybridized carbons (Fsp3) is 0.882. The van der Waals surface area contributed by atoms with Gasteiger partial charge in [-0.05, 0) is 61.7 Å². The third-order valence-electron chi connectivity index (χ3n) is 6.16. The lowest BCUT2D eigenvalue weighted by Crippen LogP contribution is -2.57. The van der Waals surface area contributed by atoms with E-state index in [4.69, 9.17) is 0 Å². The number of hydrogen-bond acceptors (Lipinski definition) is 1. The summed E-state index contributed by atoms with van der Waals surface area (Å²) >= 11 is 0. The summed E-state index contributed by atoms with van der Waals surface area (Å²) in [6.45, 7) is 13.3. The smallest absolute Gasteiger partial charge is 0.0656 e. The summed E-state index contributed by atoms with van der Waals surface area (Å²) in [5, 5.41) is 10.8. The summed E-state index contributed by atoms with van der Waals surface area (Å²) in [7, 11) is 0. The number of allylic oxidation sites excluding steroid dienone is 1. The van der Waals surface area contributed by atoms with Gasteiger partial charge in [-0.2, -0.15) is 0 Å². The molecule has 18 heavy (non-hydrogen) atoms. The third-order valence-corrected chi connectivity index (χ3v) is 6.16. The molecule has 0 aromatic rings. The van der Waals surface area contributed by atoms with Gasteiger partial charge >= 0.3 is 0 Å². The Morgan fingerprint density at radius 3 is 2.44 bits per heavy atom. The maximum Gasteiger partial charge on any atom is 0.0656 e. The van der Waals surface area contributed by atoms with E-state index in [1.165, 1.54) is 25.7 Å². The topological polar surface area (TPSA) is 20.2 Å². The molecule has 2 saturated carbocycles. The Labute approximate surface area is 113 Å². The molecule has 2 aliphatic rings. The first-order chi connectivity index (χ1) is 8.24. The molecule has 104 valence electrons. The van der Waals surface area contributed by atoms with Crippen molar-refractivity contribution in [1.29, 1.82) is 0 Å². The van der Waals surface area contributed by atoms with E-state index < -0.39 is 5.60 Å². The van der Waals surface area contributed by atoms with Crippen molar-refractivity contribution in [3.05, 3.63) is 12.7 Å². The van der Waals surface area contributed by atoms with Gasteiger partial charge in [0.15, 0.2) is 0 Å². The first kappa shape index (κ1) is 14.1. The summed E-state index contributed by atoms with van der Waals surface area (Å²) in [6.07, 6.45) is 9.03. The monoisotopic (exact) mass is 250 g/mol. The van der Waals surface area contributed by atoms with Gasteiger partial charge < -0.3 is 5.11 Å². The van der Waals surface area contributed by atoms with Crippen LogP contribution in [0.4, 0.5) is 0 Å². The fourth-order valence-electron chi connectivity index (χ4n) is 5.31. The lowest BCUT2D eigenvalue weighted by Gasteiger charge is -2.61. The highest BCUT2D eigenvalue weighted by Crippen LogP contribution is 2.62. The van der Waals surface area contributed by atoms with Crippen LogP contribution < -0.4 is 0 Å². The maximum absolute atomic E-state index is 10.8. The summed E-state index contributed by atoms with van der Waals surface area (Å²) < 4.78 is 0. The van der Waals surface area contributed by atoms with E-state index >= 15 is 0 Å². The number of fused-ring (bicyclic) bond motifs is 1. The van der Waals surface area contributed by atoms with Crippen molar-refractivity contribution in [2.75, 3.05) is 0 Å². The lowest BCUT2D eigenvalue weighted by molar-refractivity contribution is -0.165. The van der Waals surface area contributed by atoms with Gasteiger partial charge in [0.1, 0.15) is 0 Å². The minimum atomic E-state index is -0.507. The van der Waals surface area contributed by atoms with Gasteiger partial charge in [-0.15, -0.1) is 6.58 Å². The molecule has 2 aliphatic carbocycles. The van der Waals surface area contributed by atoms with Crippen LogP contribution in [0.2, 0.25) is 0 Å². The largest absolute Gasteiger partial charge is 0.390 e. The minimum Gasteiger partial charge on any atom is -0.390 e. The second-order valence-electron chi connectivity index (χ2n) is 7.87. The van der Waals surface area contributed by atoms with Crippen molar-refractivity contribution in [2.24, 2.45) is 22.7 Å². The van der Waals surface area contributed by atoms with E-state index in [2.05, 4.69) is 27.4 Å². The molecule has 0 aromatic heterocycles. The first-order valence-electron chi connectivity index (χ1n) is 7.57. The zero-order valence-corrected chi connectivity index (χ0v) is 12.6. The second-order valence-corrected chi connectivity index (χ2v) is 7.87. The van der Waals surface area contributed by atoms with Crippen LogP contribution in [-0.2, 0) is 0 Å². The second kappa shape index (κ2) is 4.37. The minimum absolute atomic E-state index is 0.289. The Hall–Kier alpha value is -0.300. The van der Waals surface area contributed by atoms with E-state index in [1.807, 2.05) is 13.0 Å². The Bertz CT molecular complexity index is 329. The zero-order chi connectivity index (χ0) is 13.6. The molecule has 4 atom stereocenters. The molecule has 0 spiro atoms. The Morgan fingerprint density at radius 1 is 1.17 bits per heavy atom. The molecule has 4 unspecified atom stereocenters. The number of hydrogen-bond donors (Lipinski definition) is 1. The Kier molecular flexibility index (Phi) is 3.43. The molecule has 0 aliphatic heterocycles. The van der Waals surface area contributed by atoms with Gasteiger partial charge in [0.2, 0.25) is 0 Å². The standard InChI is InChI=1S/C17H30O/c1-6-8-14-16(4)11-7-10-15(2,3)13(16)9-12-17(14,5)18/h6,13-14,18H,1,7-12H2,2-5H3. The summed E-state index contributed by atoms with van der Waals surface area (Å²) in [5.74, 6) is 1.13. The zero-order valence-electron chi connectivity index (χ0n) is 12.6. The molecule has 1 heteroatoms. The van der Waals surface area contributed by atoms with E-state index in [0.717, 1.165) is 18.8 Å². The Morgan fingerprint density at radius 2 is 1.83 bits per heavy atom. The quantitative estimate of drug-likeness (QED) is 0.713. The lowest BCUT2D eigenvalue weighted by atomic mass is 9.45. The maximum atomic E-state index is 10.8. The van der Waals surface area contributed by atoms with Gasteiger partial charge in [-0.25, -0.2) is 0 Å². The molecule has 1 nitrogen and oxygen atoms in total. The van der Waals surface area contributed by atoms with Gasteiger partial charge in [0.05, 0.1) is 5.60 Å². The van der Waals surface area contributed by atoms with Crippen LogP contribution in [0.1, 0.15) is 66.2 Å². The highest BCUT2D eigenvalue weighted by Gasteiger charge is 2.57. The molecule has 0 bridgehead atoms. The molecule has 0 saturated heterocycles. The van der Waals surface area contributed by atoms with E-state index in [9.17, 15) is 5.11 Å². The van der Waals surface area contributed by atoms with Crippen molar-refractivity contribution in [1.82, 2.24) is 0 Å². The van der Waals surface area contributed by atoms with Crippen molar-refractivity contribution < 1.29 is 5.11 Å². The van der Waals surface area contributed by atoms with Gasteiger partial charge in [0.25, 0.3) is 0 Å². The van der Waals surface area contributed by atoms with E-state index in [1.54, 1.807) is 0 Å². The van der Waals surface area contributed by atoms with Crippen molar-refractivity contribution in [3.8, 4) is 0 Å². The molecule has 0 amide bonds. The van der Waals surface area contributed by atoms with Crippen LogP contribution in [0.3, 0.4) is 0 Å². The third kappa shape index (κ3) is 2.05. The van der Waals surface area contributed by atoms with Gasteiger partial charge in [-0.3, -0.25) is 0 Å². The number of aliphatic hydroxyl groups is 1. The number of rotatable bonds is 2.